The molecule has 22 heavy (non-hydrogen) atoms. The number of nitrogens with one attached hydrogen (secondary N) is 2. The molecule has 0 amide bonds. The minimum atomic E-state index is 0.598. The molecular formula is C14H8N6S2. The van der Waals surface area contributed by atoms with Crippen molar-refractivity contribution >= 4 is 43.7 Å². The molecule has 4 aromatic rings. The van der Waals surface area contributed by atoms with Crippen molar-refractivity contribution in [3.63, 3.8) is 0 Å². The minimum Gasteiger partial charge on any atom is -0.360 e. The van der Waals surface area contributed by atoms with Crippen molar-refractivity contribution < 1.29 is 0 Å². The molecule has 0 atom stereocenters. The molecule has 0 aromatic carbocycles. The summed E-state index contributed by atoms with van der Waals surface area (Å²) in [5, 5.41) is 0. The largest absolute Gasteiger partial charge is 0.360 e. The van der Waals surface area contributed by atoms with Crippen LogP contribution in [-0.4, -0.2) is 38.4 Å². The van der Waals surface area contributed by atoms with E-state index < -0.39 is 0 Å². The van der Waals surface area contributed by atoms with Gasteiger partial charge in [-0.05, 0) is 24.3 Å². The highest BCUT2D eigenvalue weighted by atomic mass is 32.1. The van der Waals surface area contributed by atoms with E-state index in [0.717, 1.165) is 44.2 Å². The molecule has 1 aliphatic rings. The summed E-state index contributed by atoms with van der Waals surface area (Å²) in [5.41, 5.74) is 4.98. The quantitative estimate of drug-likeness (QED) is 0.487. The normalized spacial score (nSPS) is 13.6. The van der Waals surface area contributed by atoms with Crippen LogP contribution in [-0.2, 0) is 0 Å². The van der Waals surface area contributed by atoms with Crippen LogP contribution in [0.3, 0.4) is 0 Å². The van der Waals surface area contributed by atoms with Gasteiger partial charge in [0.05, 0.1) is 32.8 Å². The van der Waals surface area contributed by atoms with Gasteiger partial charge in [0, 0.05) is 12.4 Å². The Morgan fingerprint density at radius 3 is 1.77 bits per heavy atom. The first-order valence-electron chi connectivity index (χ1n) is 6.60. The van der Waals surface area contributed by atoms with Crippen LogP contribution in [0.2, 0.25) is 0 Å². The van der Waals surface area contributed by atoms with Gasteiger partial charge in [-0.3, -0.25) is 0 Å². The smallest absolute Gasteiger partial charge is 0.213 e. The standard InChI is InChI=1S/C14H8N6S2/c1-3-7(15-5-1)11-9-10(12(21-11)8-4-2-6-16-8)18-14-13(17-9)19-22-20-14/h1-6,15-16H. The van der Waals surface area contributed by atoms with Gasteiger partial charge in [0.15, 0.2) is 0 Å². The van der Waals surface area contributed by atoms with Gasteiger partial charge in [-0.25, -0.2) is 9.97 Å². The SMILES string of the molecule is c1c[nH]c(C2=S=C(c3ccc[nH]3)c3nc4nsnc4nc32)c1. The van der Waals surface area contributed by atoms with Gasteiger partial charge in [0.1, 0.15) is 11.4 Å². The van der Waals surface area contributed by atoms with E-state index in [2.05, 4.69) is 28.7 Å². The van der Waals surface area contributed by atoms with Gasteiger partial charge in [-0.1, -0.05) is 0 Å². The summed E-state index contributed by atoms with van der Waals surface area (Å²) in [7, 11) is 1.66. The van der Waals surface area contributed by atoms with Crippen LogP contribution in [0.1, 0.15) is 22.8 Å². The minimum absolute atomic E-state index is 0.598. The number of hydrogen-bond donors (Lipinski definition) is 2. The predicted molar refractivity (Wildman–Crippen MR) is 88.6 cm³/mol. The molecule has 0 bridgehead atoms. The Bertz CT molecular complexity index is 972. The van der Waals surface area contributed by atoms with Crippen LogP contribution < -0.4 is 0 Å². The maximum Gasteiger partial charge on any atom is 0.213 e. The van der Waals surface area contributed by atoms with E-state index >= 15 is 0 Å². The summed E-state index contributed by atoms with van der Waals surface area (Å²) in [4.78, 5) is 18.0. The van der Waals surface area contributed by atoms with Crippen molar-refractivity contribution in [2.75, 3.05) is 0 Å². The van der Waals surface area contributed by atoms with Gasteiger partial charge in [0.2, 0.25) is 11.3 Å². The molecule has 6 nitrogen and oxygen atoms in total. The Labute approximate surface area is 132 Å². The van der Waals surface area contributed by atoms with Crippen LogP contribution in [0.4, 0.5) is 0 Å². The lowest BCUT2D eigenvalue weighted by molar-refractivity contribution is 1.21. The first-order chi connectivity index (χ1) is 10.9. The first kappa shape index (κ1) is 12.0. The third-order valence-corrected chi connectivity index (χ3v) is 5.18. The van der Waals surface area contributed by atoms with E-state index in [0.29, 0.717) is 11.3 Å². The van der Waals surface area contributed by atoms with Crippen LogP contribution in [0.25, 0.3) is 11.3 Å². The van der Waals surface area contributed by atoms with Gasteiger partial charge in [-0.15, -0.1) is 10.9 Å². The van der Waals surface area contributed by atoms with Crippen molar-refractivity contribution in [1.82, 2.24) is 28.7 Å². The summed E-state index contributed by atoms with van der Waals surface area (Å²) < 4.78 is 8.41. The van der Waals surface area contributed by atoms with Gasteiger partial charge >= 0.3 is 0 Å². The number of hydrogen-bond acceptors (Lipinski definition) is 5. The molecule has 0 radical (unpaired) electrons. The zero-order chi connectivity index (χ0) is 14.5. The molecule has 5 rings (SSSR count). The monoisotopic (exact) mass is 324 g/mol. The lowest BCUT2D eigenvalue weighted by Crippen LogP contribution is -2.10. The second kappa shape index (κ2) is 4.46. The summed E-state index contributed by atoms with van der Waals surface area (Å²) in [5.74, 6) is 0. The molecule has 106 valence electrons. The average molecular weight is 324 g/mol. The molecule has 8 heteroatoms. The number of H-pyrrole nitrogens is 2. The highest BCUT2D eigenvalue weighted by molar-refractivity contribution is 8.00. The number of aromatic amines is 2. The Morgan fingerprint density at radius 1 is 0.773 bits per heavy atom. The highest BCUT2D eigenvalue weighted by Gasteiger charge is 2.26. The zero-order valence-corrected chi connectivity index (χ0v) is 12.7. The van der Waals surface area contributed by atoms with Gasteiger partial charge in [-0.2, -0.15) is 8.75 Å². The maximum atomic E-state index is 4.67. The topological polar surface area (TPSA) is 83.1 Å². The second-order valence-electron chi connectivity index (χ2n) is 4.76. The lowest BCUT2D eigenvalue weighted by atomic mass is 10.1. The van der Waals surface area contributed by atoms with E-state index in [4.69, 9.17) is 0 Å². The molecular weight excluding hydrogens is 316 g/mol. The molecule has 0 saturated carbocycles. The van der Waals surface area contributed by atoms with E-state index in [9.17, 15) is 0 Å². The van der Waals surface area contributed by atoms with Crippen molar-refractivity contribution in [2.45, 2.75) is 0 Å². The summed E-state index contributed by atoms with van der Waals surface area (Å²) >= 11 is 1.14. The summed E-state index contributed by atoms with van der Waals surface area (Å²) in [6.45, 7) is 0. The third kappa shape index (κ3) is 1.65. The fraction of sp³-hybridized carbons (Fsp3) is 0. The van der Waals surface area contributed by atoms with Crippen LogP contribution in [0, 0.1) is 0 Å². The Balaban J connectivity index is 1.85. The van der Waals surface area contributed by atoms with Crippen LogP contribution >= 0.6 is 22.7 Å². The highest BCUT2D eigenvalue weighted by Crippen LogP contribution is 2.25. The molecule has 5 heterocycles. The predicted octanol–water partition coefficient (Wildman–Crippen LogP) is 2.02. The lowest BCUT2D eigenvalue weighted by Gasteiger charge is -2.03. The van der Waals surface area contributed by atoms with Crippen LogP contribution in [0.5, 0.6) is 0 Å². The number of rotatable bonds is 2. The first-order valence-corrected chi connectivity index (χ1v) is 8.15. The number of fused-ring (bicyclic) bond motifs is 2. The van der Waals surface area contributed by atoms with Gasteiger partial charge in [0.25, 0.3) is 0 Å². The fourth-order valence-corrected chi connectivity index (χ4v) is 4.06. The number of aromatic nitrogens is 6. The second-order valence-corrected chi connectivity index (χ2v) is 6.31. The van der Waals surface area contributed by atoms with Crippen molar-refractivity contribution in [3.05, 3.63) is 59.4 Å². The van der Waals surface area contributed by atoms with Gasteiger partial charge < -0.3 is 9.97 Å². The fourth-order valence-electron chi connectivity index (χ4n) is 2.46. The molecule has 0 aliphatic carbocycles. The molecule has 4 aromatic heterocycles. The molecule has 0 fully saturated rings. The van der Waals surface area contributed by atoms with E-state index in [1.807, 2.05) is 36.7 Å². The van der Waals surface area contributed by atoms with Crippen molar-refractivity contribution in [1.29, 1.82) is 0 Å². The third-order valence-electron chi connectivity index (χ3n) is 3.43. The molecule has 0 saturated heterocycles. The zero-order valence-electron chi connectivity index (χ0n) is 11.1. The van der Waals surface area contributed by atoms with E-state index in [1.54, 1.807) is 10.9 Å². The Morgan fingerprint density at radius 2 is 1.32 bits per heavy atom. The van der Waals surface area contributed by atoms with Crippen molar-refractivity contribution in [2.24, 2.45) is 0 Å². The summed E-state index contributed by atoms with van der Waals surface area (Å²) in [6.07, 6.45) is 3.82. The maximum absolute atomic E-state index is 4.67. The number of nitrogens with zero attached hydrogens (tertiary/aromatic N) is 4. The average Bonchev–Trinajstić information content (AvgIpc) is 3.29. The molecule has 1 aliphatic heterocycles. The van der Waals surface area contributed by atoms with Crippen LogP contribution in [0.15, 0.2) is 36.7 Å². The Kier molecular flexibility index (Phi) is 2.43. The van der Waals surface area contributed by atoms with E-state index in [-0.39, 0.29) is 0 Å². The Hall–Kier alpha value is -2.58. The van der Waals surface area contributed by atoms with E-state index in [1.165, 1.54) is 0 Å². The molecule has 2 N–H and O–H groups in total. The molecule has 0 spiro atoms. The summed E-state index contributed by atoms with van der Waals surface area (Å²) in [6, 6.07) is 8.03. The van der Waals surface area contributed by atoms with Crippen molar-refractivity contribution in [3.8, 4) is 0 Å². The molecule has 0 unspecified atom stereocenters.